The first-order valence-electron chi connectivity index (χ1n) is 27.4. The van der Waals surface area contributed by atoms with Crippen LogP contribution in [-0.4, -0.2) is 276 Å². The van der Waals surface area contributed by atoms with E-state index in [9.17, 15) is 40.9 Å². The second-order valence-electron chi connectivity index (χ2n) is 18.9. The molecule has 0 saturated carbocycles. The smallest absolute Gasteiger partial charge is 0.109 e. The van der Waals surface area contributed by atoms with Gasteiger partial charge in [0.25, 0.3) is 0 Å². The van der Waals surface area contributed by atoms with Gasteiger partial charge in [-0.25, -0.2) is 0 Å². The van der Waals surface area contributed by atoms with Crippen molar-refractivity contribution in [1.82, 2.24) is 14.7 Å². The lowest BCUT2D eigenvalue weighted by Gasteiger charge is -2.43. The minimum atomic E-state index is -1.28. The normalized spacial score (nSPS) is 23.1. The van der Waals surface area contributed by atoms with Gasteiger partial charge in [0.2, 0.25) is 0 Å². The van der Waals surface area contributed by atoms with E-state index >= 15 is 0 Å². The van der Waals surface area contributed by atoms with Crippen molar-refractivity contribution in [2.75, 3.05) is 171 Å². The Morgan fingerprint density at radius 2 is 0.681 bits per heavy atom. The number of unbranched alkanes of at least 4 members (excludes halogenated alkanes) is 15. The van der Waals surface area contributed by atoms with Crippen LogP contribution in [0, 0.1) is 0 Å². The topological polar surface area (TPSA) is 294 Å². The van der Waals surface area contributed by atoms with E-state index in [0.717, 1.165) is 38.9 Å². The lowest BCUT2D eigenvalue weighted by molar-refractivity contribution is -0.147. The van der Waals surface area contributed by atoms with Crippen LogP contribution in [0.2, 0.25) is 0 Å². The van der Waals surface area contributed by atoms with E-state index in [4.69, 9.17) is 43.4 Å². The van der Waals surface area contributed by atoms with E-state index in [1.165, 1.54) is 83.5 Å². The van der Waals surface area contributed by atoms with Crippen molar-refractivity contribution in [2.24, 2.45) is 5.11 Å². The van der Waals surface area contributed by atoms with Crippen LogP contribution in [0.3, 0.4) is 0 Å². The average molecular weight is 1040 g/mol. The zero-order chi connectivity index (χ0) is 52.1. The van der Waals surface area contributed by atoms with Crippen molar-refractivity contribution < 1.29 is 78.7 Å². The van der Waals surface area contributed by atoms with Crippen molar-refractivity contribution >= 4 is 0 Å². The molecule has 0 aliphatic carbocycles. The Bertz CT molecular complexity index is 1190. The fraction of sp³-hybridized carbons (Fsp3) is 1.00. The molecule has 2 aliphatic heterocycles. The second-order valence-corrected chi connectivity index (χ2v) is 18.9. The van der Waals surface area contributed by atoms with Gasteiger partial charge in [-0.3, -0.25) is 14.7 Å². The van der Waals surface area contributed by atoms with E-state index in [0.29, 0.717) is 125 Å². The standard InChI is InChI=1S/C50H100N6O16/c51-53-52-17-15-13-11-9-7-5-3-1-2-4-6-8-10-12-14-16-18-54(19-23-65-27-31-69-35-37-71-33-29-67-25-21-55-39-45(59)49(63)47(61)43(55)41-57)20-24-66-28-32-70-36-38-72-34-30-68-26-22-56-40-46(60)50(64)48(62)44(56)42-58/h43-50,57-64H,1-42H2/t43-,44-,45-,46-,47-,48-,49-,50-/m0/s1. The molecule has 8 atom stereocenters. The fourth-order valence-corrected chi connectivity index (χ4v) is 8.92. The van der Waals surface area contributed by atoms with Gasteiger partial charge >= 0.3 is 0 Å². The van der Waals surface area contributed by atoms with Crippen LogP contribution in [0.1, 0.15) is 103 Å². The van der Waals surface area contributed by atoms with Gasteiger partial charge in [-0.2, -0.15) is 0 Å². The van der Waals surface area contributed by atoms with Gasteiger partial charge in [0.05, 0.1) is 143 Å². The summed E-state index contributed by atoms with van der Waals surface area (Å²) in [5.74, 6) is 0. The largest absolute Gasteiger partial charge is 0.395 e. The number of hydrogen-bond donors (Lipinski definition) is 8. The molecule has 426 valence electrons. The summed E-state index contributed by atoms with van der Waals surface area (Å²) in [5, 5.41) is 82.6. The van der Waals surface area contributed by atoms with Crippen molar-refractivity contribution in [3.8, 4) is 0 Å². The first-order chi connectivity index (χ1) is 35.2. The summed E-state index contributed by atoms with van der Waals surface area (Å²) in [6, 6.07) is -1.30. The second kappa shape index (κ2) is 46.8. The fourth-order valence-electron chi connectivity index (χ4n) is 8.92. The van der Waals surface area contributed by atoms with Crippen LogP contribution < -0.4 is 0 Å². The number of ether oxygens (including phenoxy) is 8. The Balaban J connectivity index is 1.50. The van der Waals surface area contributed by atoms with Gasteiger partial charge in [0.15, 0.2) is 0 Å². The lowest BCUT2D eigenvalue weighted by atomic mass is 9.94. The number of hydrogen-bond acceptors (Lipinski definition) is 20. The third kappa shape index (κ3) is 32.9. The summed E-state index contributed by atoms with van der Waals surface area (Å²) in [4.78, 5) is 8.65. The summed E-state index contributed by atoms with van der Waals surface area (Å²) in [5.41, 5.74) is 8.34. The van der Waals surface area contributed by atoms with Crippen LogP contribution in [0.5, 0.6) is 0 Å². The number of aliphatic hydroxyl groups is 8. The average Bonchev–Trinajstić information content (AvgIpc) is 3.37. The maximum Gasteiger partial charge on any atom is 0.109 e. The highest BCUT2D eigenvalue weighted by molar-refractivity contribution is 4.95. The third-order valence-electron chi connectivity index (χ3n) is 13.4. The lowest BCUT2D eigenvalue weighted by Crippen LogP contribution is -2.62. The van der Waals surface area contributed by atoms with E-state index in [2.05, 4.69) is 14.9 Å². The summed E-state index contributed by atoms with van der Waals surface area (Å²) >= 11 is 0. The zero-order valence-electron chi connectivity index (χ0n) is 43.8. The first kappa shape index (κ1) is 66.7. The minimum absolute atomic E-state index is 0.149. The number of likely N-dealkylation sites (tertiary alicyclic amines) is 2. The van der Waals surface area contributed by atoms with E-state index in [1.54, 1.807) is 9.80 Å². The molecule has 2 fully saturated rings. The molecule has 2 rings (SSSR count). The van der Waals surface area contributed by atoms with Crippen LogP contribution in [-0.2, 0) is 37.9 Å². The zero-order valence-corrected chi connectivity index (χ0v) is 43.8. The molecule has 22 heteroatoms. The molecule has 0 aromatic heterocycles. The van der Waals surface area contributed by atoms with Gasteiger partial charge in [0.1, 0.15) is 24.4 Å². The summed E-state index contributed by atoms with van der Waals surface area (Å²) < 4.78 is 45.6. The van der Waals surface area contributed by atoms with Gasteiger partial charge in [-0.05, 0) is 24.9 Å². The van der Waals surface area contributed by atoms with Crippen molar-refractivity contribution in [1.29, 1.82) is 0 Å². The maximum atomic E-state index is 10.1. The summed E-state index contributed by atoms with van der Waals surface area (Å²) in [6.07, 6.45) is 13.1. The molecule has 2 aliphatic rings. The van der Waals surface area contributed by atoms with E-state index < -0.39 is 48.7 Å². The third-order valence-corrected chi connectivity index (χ3v) is 13.4. The predicted octanol–water partition coefficient (Wildman–Crippen LogP) is 1.49. The number of aliphatic hydroxyl groups excluding tert-OH is 8. The Hall–Kier alpha value is -1.45. The molecule has 0 unspecified atom stereocenters. The van der Waals surface area contributed by atoms with Crippen LogP contribution >= 0.6 is 0 Å². The van der Waals surface area contributed by atoms with Crippen molar-refractivity contribution in [3.05, 3.63) is 10.4 Å². The van der Waals surface area contributed by atoms with Crippen LogP contribution in [0.15, 0.2) is 5.11 Å². The van der Waals surface area contributed by atoms with Gasteiger partial charge in [-0.1, -0.05) is 95.0 Å². The van der Waals surface area contributed by atoms with Crippen molar-refractivity contribution in [2.45, 2.75) is 151 Å². The molecule has 0 spiro atoms. The Labute approximate surface area is 430 Å². The number of azide groups is 1. The monoisotopic (exact) mass is 1040 g/mol. The molecule has 0 radical (unpaired) electrons. The van der Waals surface area contributed by atoms with E-state index in [1.807, 2.05) is 0 Å². The minimum Gasteiger partial charge on any atom is -0.395 e. The van der Waals surface area contributed by atoms with Crippen LogP contribution in [0.25, 0.3) is 10.4 Å². The van der Waals surface area contributed by atoms with Gasteiger partial charge < -0.3 is 78.7 Å². The van der Waals surface area contributed by atoms with Gasteiger partial charge in [-0.15, -0.1) is 0 Å². The molecule has 0 aromatic carbocycles. The molecule has 2 saturated heterocycles. The molecule has 0 amide bonds. The molecule has 22 nitrogen and oxygen atoms in total. The Kier molecular flexibility index (Phi) is 43.3. The number of β-amino-alcohol motifs (C(OH)–C–C–N with tert-alkyl or cyclic N) is 2. The molecule has 8 N–H and O–H groups in total. The Morgan fingerprint density at radius 1 is 0.389 bits per heavy atom. The molecule has 0 bridgehead atoms. The van der Waals surface area contributed by atoms with Crippen LogP contribution in [0.4, 0.5) is 0 Å². The maximum absolute atomic E-state index is 10.1. The SMILES string of the molecule is [N-]=[N+]=NCCCCCCCCCCCCCCCCCCN(CCOCCOCCOCCOCCN1C[C@H](O)[C@H](O)[C@@H](O)[C@@H]1CO)CCOCCOCCOCCOCCN1C[C@H](O)[C@H](O)[C@@H](O)[C@@H]1CO. The highest BCUT2D eigenvalue weighted by Gasteiger charge is 2.41. The first-order valence-corrected chi connectivity index (χ1v) is 27.4. The number of rotatable bonds is 51. The Morgan fingerprint density at radius 3 is 1.00 bits per heavy atom. The van der Waals surface area contributed by atoms with E-state index in [-0.39, 0.29) is 26.3 Å². The predicted molar refractivity (Wildman–Crippen MR) is 272 cm³/mol. The van der Waals surface area contributed by atoms with Gasteiger partial charge in [0, 0.05) is 50.7 Å². The summed E-state index contributed by atoms with van der Waals surface area (Å²) in [7, 11) is 0. The highest BCUT2D eigenvalue weighted by Crippen LogP contribution is 2.20. The molecule has 0 aromatic rings. The number of nitrogens with zero attached hydrogens (tertiary/aromatic N) is 6. The summed E-state index contributed by atoms with van der Waals surface area (Å²) in [6.45, 7) is 10.7. The molecular formula is C50H100N6O16. The van der Waals surface area contributed by atoms with Crippen molar-refractivity contribution in [3.63, 3.8) is 0 Å². The quantitative estimate of drug-likeness (QED) is 0.0185. The highest BCUT2D eigenvalue weighted by atomic mass is 16.6. The molecular weight excluding hydrogens is 941 g/mol. The number of piperidine rings is 2. The molecule has 72 heavy (non-hydrogen) atoms. The molecule has 2 heterocycles.